The van der Waals surface area contributed by atoms with Gasteiger partial charge >= 0.3 is 12.4 Å². The summed E-state index contributed by atoms with van der Waals surface area (Å²) < 4.78 is 84.4. The lowest BCUT2D eigenvalue weighted by atomic mass is 9.85. The van der Waals surface area contributed by atoms with Gasteiger partial charge < -0.3 is 15.4 Å². The van der Waals surface area contributed by atoms with E-state index in [0.717, 1.165) is 11.1 Å². The van der Waals surface area contributed by atoms with Crippen LogP contribution in [0.1, 0.15) is 56.8 Å². The Labute approximate surface area is 225 Å². The van der Waals surface area contributed by atoms with Gasteiger partial charge in [-0.1, -0.05) is 18.2 Å². The highest BCUT2D eigenvalue weighted by Crippen LogP contribution is 2.37. The molecular weight excluding hydrogens is 538 g/mol. The maximum atomic E-state index is 13.2. The fourth-order valence-corrected chi connectivity index (χ4v) is 4.41. The number of hydrogen-bond acceptors (Lipinski definition) is 4. The van der Waals surface area contributed by atoms with Gasteiger partial charge in [-0.3, -0.25) is 9.59 Å². The molecule has 3 aromatic rings. The Morgan fingerprint density at radius 1 is 0.900 bits per heavy atom. The van der Waals surface area contributed by atoms with E-state index in [9.17, 15) is 35.9 Å². The van der Waals surface area contributed by atoms with Crippen molar-refractivity contribution in [3.63, 3.8) is 0 Å². The van der Waals surface area contributed by atoms with Gasteiger partial charge in [0.05, 0.1) is 18.2 Å². The number of carbonyl (C=O) groups excluding carboxylic acids is 2. The molecule has 1 aliphatic heterocycles. The van der Waals surface area contributed by atoms with E-state index >= 15 is 0 Å². The minimum Gasteiger partial charge on any atom is -0.497 e. The van der Waals surface area contributed by atoms with Crippen molar-refractivity contribution in [2.24, 2.45) is 0 Å². The molecule has 0 aliphatic carbocycles. The second-order valence-corrected chi connectivity index (χ2v) is 9.96. The second kappa shape index (κ2) is 10.4. The van der Waals surface area contributed by atoms with Gasteiger partial charge in [0.2, 0.25) is 0 Å². The van der Waals surface area contributed by atoms with Crippen LogP contribution in [0.15, 0.2) is 66.7 Å². The Kier molecular flexibility index (Phi) is 7.44. The Balaban J connectivity index is 1.63. The van der Waals surface area contributed by atoms with Crippen molar-refractivity contribution in [1.29, 1.82) is 0 Å². The van der Waals surface area contributed by atoms with E-state index in [2.05, 4.69) is 10.6 Å². The molecule has 1 amide bonds. The zero-order valence-corrected chi connectivity index (χ0v) is 21.6. The first-order valence-electron chi connectivity index (χ1n) is 12.0. The van der Waals surface area contributed by atoms with E-state index in [-0.39, 0.29) is 22.9 Å². The van der Waals surface area contributed by atoms with Crippen LogP contribution in [0.4, 0.5) is 32.0 Å². The van der Waals surface area contributed by atoms with Gasteiger partial charge in [0, 0.05) is 39.7 Å². The van der Waals surface area contributed by atoms with Crippen LogP contribution in [0.3, 0.4) is 0 Å². The van der Waals surface area contributed by atoms with E-state index in [0.29, 0.717) is 30.0 Å². The van der Waals surface area contributed by atoms with Crippen molar-refractivity contribution < 1.29 is 40.7 Å². The number of halogens is 6. The highest BCUT2D eigenvalue weighted by Gasteiger charge is 2.37. The number of amides is 1. The lowest BCUT2D eigenvalue weighted by Crippen LogP contribution is -2.43. The Morgan fingerprint density at radius 2 is 1.55 bits per heavy atom. The number of methoxy groups -OCH3 is 1. The summed E-state index contributed by atoms with van der Waals surface area (Å²) in [5.41, 5.74) is -1.92. The summed E-state index contributed by atoms with van der Waals surface area (Å²) >= 11 is 0. The standard InChI is InChI=1S/C29H24F6N2O3/c1-27(2)15-17-7-8-22(40-3)13-23(17)24(37-27)14-25(38)16-5-4-6-21(11-16)36-26(39)18-9-19(28(30,31)32)12-20(10-18)29(33,34)35/h4-14,37H,15H2,1-3H3,(H,36,39)/b24-14-. The number of ether oxygens (including phenoxy) is 1. The van der Waals surface area contributed by atoms with Crippen LogP contribution < -0.4 is 15.4 Å². The Morgan fingerprint density at radius 3 is 2.15 bits per heavy atom. The van der Waals surface area contributed by atoms with E-state index in [1.807, 2.05) is 26.0 Å². The molecule has 0 saturated carbocycles. The molecule has 2 N–H and O–H groups in total. The topological polar surface area (TPSA) is 67.4 Å². The summed E-state index contributed by atoms with van der Waals surface area (Å²) in [5.74, 6) is -1.04. The Hall–Kier alpha value is -4.28. The maximum absolute atomic E-state index is 13.2. The molecule has 0 fully saturated rings. The van der Waals surface area contributed by atoms with Crippen molar-refractivity contribution in [3.05, 3.63) is 100 Å². The van der Waals surface area contributed by atoms with E-state index in [4.69, 9.17) is 4.74 Å². The summed E-state index contributed by atoms with van der Waals surface area (Å²) in [5, 5.41) is 5.61. The molecule has 40 heavy (non-hydrogen) atoms. The number of anilines is 1. The van der Waals surface area contributed by atoms with Gasteiger partial charge in [-0.05, 0) is 68.3 Å². The quantitative estimate of drug-likeness (QED) is 0.197. The fourth-order valence-electron chi connectivity index (χ4n) is 4.41. The molecule has 1 aliphatic rings. The fraction of sp³-hybridized carbons (Fsp3) is 0.241. The number of ketones is 1. The van der Waals surface area contributed by atoms with Crippen LogP contribution in [0.5, 0.6) is 5.75 Å². The van der Waals surface area contributed by atoms with Gasteiger partial charge in [-0.2, -0.15) is 26.3 Å². The molecule has 0 unspecified atom stereocenters. The number of rotatable bonds is 5. The predicted molar refractivity (Wildman–Crippen MR) is 137 cm³/mol. The molecule has 0 radical (unpaired) electrons. The van der Waals surface area contributed by atoms with Gasteiger partial charge in [-0.15, -0.1) is 0 Å². The molecule has 5 nitrogen and oxygen atoms in total. The summed E-state index contributed by atoms with van der Waals surface area (Å²) in [4.78, 5) is 25.9. The largest absolute Gasteiger partial charge is 0.497 e. The smallest absolute Gasteiger partial charge is 0.416 e. The minimum atomic E-state index is -5.10. The third-order valence-corrected chi connectivity index (χ3v) is 6.24. The first-order chi connectivity index (χ1) is 18.6. The zero-order valence-electron chi connectivity index (χ0n) is 21.6. The summed E-state index contributed by atoms with van der Waals surface area (Å²) in [6.07, 6.45) is -8.10. The number of fused-ring (bicyclic) bond motifs is 1. The first kappa shape index (κ1) is 28.7. The van der Waals surface area contributed by atoms with Gasteiger partial charge in [0.1, 0.15) is 5.75 Å². The number of benzene rings is 3. The number of nitrogens with one attached hydrogen (secondary N) is 2. The normalized spacial score (nSPS) is 15.7. The zero-order chi connectivity index (χ0) is 29.5. The Bertz CT molecular complexity index is 1470. The minimum absolute atomic E-state index is 0.0132. The maximum Gasteiger partial charge on any atom is 0.416 e. The van der Waals surface area contributed by atoms with Crippen LogP contribution in [-0.4, -0.2) is 24.3 Å². The van der Waals surface area contributed by atoms with Crippen molar-refractivity contribution in [3.8, 4) is 5.75 Å². The first-order valence-corrected chi connectivity index (χ1v) is 12.0. The van der Waals surface area contributed by atoms with Crippen LogP contribution in [0.25, 0.3) is 5.70 Å². The summed E-state index contributed by atoms with van der Waals surface area (Å²) in [7, 11) is 1.53. The highest BCUT2D eigenvalue weighted by molar-refractivity contribution is 6.10. The average molecular weight is 563 g/mol. The SMILES string of the molecule is COc1ccc2c(c1)/C(=C/C(=O)c1cccc(NC(=O)c3cc(C(F)(F)F)cc(C(F)(F)F)c3)c1)NC(C)(C)C2. The number of allylic oxidation sites excluding steroid dienone is 1. The molecule has 0 atom stereocenters. The van der Waals surface area contributed by atoms with Gasteiger partial charge in [0.25, 0.3) is 5.91 Å². The molecule has 0 aromatic heterocycles. The molecule has 0 saturated heterocycles. The van der Waals surface area contributed by atoms with Gasteiger partial charge in [-0.25, -0.2) is 0 Å². The monoisotopic (exact) mass is 562 g/mol. The molecule has 0 bridgehead atoms. The lowest BCUT2D eigenvalue weighted by molar-refractivity contribution is -0.143. The van der Waals surface area contributed by atoms with Gasteiger partial charge in [0.15, 0.2) is 5.78 Å². The molecular formula is C29H24F6N2O3. The number of alkyl halides is 6. The van der Waals surface area contributed by atoms with E-state index in [1.54, 1.807) is 6.07 Å². The van der Waals surface area contributed by atoms with Crippen LogP contribution in [-0.2, 0) is 18.8 Å². The molecule has 11 heteroatoms. The lowest BCUT2D eigenvalue weighted by Gasteiger charge is -2.35. The third kappa shape index (κ3) is 6.47. The van der Waals surface area contributed by atoms with Crippen molar-refractivity contribution in [1.82, 2.24) is 5.32 Å². The average Bonchev–Trinajstić information content (AvgIpc) is 2.86. The number of carbonyl (C=O) groups is 2. The van der Waals surface area contributed by atoms with E-state index < -0.39 is 40.7 Å². The number of hydrogen-bond donors (Lipinski definition) is 2. The van der Waals surface area contributed by atoms with Crippen molar-refractivity contribution >= 4 is 23.1 Å². The molecule has 4 rings (SSSR count). The van der Waals surface area contributed by atoms with Crippen molar-refractivity contribution in [2.45, 2.75) is 38.2 Å². The molecule has 0 spiro atoms. The van der Waals surface area contributed by atoms with Crippen LogP contribution in [0.2, 0.25) is 0 Å². The van der Waals surface area contributed by atoms with Crippen LogP contribution in [0, 0.1) is 0 Å². The molecule has 1 heterocycles. The molecule has 3 aromatic carbocycles. The van der Waals surface area contributed by atoms with Crippen LogP contribution >= 0.6 is 0 Å². The second-order valence-electron chi connectivity index (χ2n) is 9.96. The summed E-state index contributed by atoms with van der Waals surface area (Å²) in [6, 6.07) is 11.7. The predicted octanol–water partition coefficient (Wildman–Crippen LogP) is 7.13. The highest BCUT2D eigenvalue weighted by atomic mass is 19.4. The molecule has 210 valence electrons. The van der Waals surface area contributed by atoms with Crippen molar-refractivity contribution in [2.75, 3.05) is 12.4 Å². The summed E-state index contributed by atoms with van der Waals surface area (Å²) in [6.45, 7) is 3.96. The van der Waals surface area contributed by atoms with E-state index in [1.165, 1.54) is 37.5 Å². The third-order valence-electron chi connectivity index (χ3n) is 6.24.